The van der Waals surface area contributed by atoms with Gasteiger partial charge in [0.05, 0.1) is 28.5 Å². The number of halogens is 3. The molecule has 1 aliphatic rings. The van der Waals surface area contributed by atoms with Crippen LogP contribution in [-0.2, 0) is 17.5 Å². The number of fused-ring (bicyclic) bond motifs is 1. The molecule has 0 fully saturated rings. The molecular formula is C15H13F3N2O2S. The standard InChI is InChI=1S/C15H13F3N2O2S/c16-15(17,18)10-3-1-9(2-4-10)7-19-13(21)11-5-6-22-14-12(11)23-8-20-14/h1-4,8,11H,5-7H2,(H,19,21). The van der Waals surface area contributed by atoms with Crippen LogP contribution in [0.5, 0.6) is 5.88 Å². The minimum Gasteiger partial charge on any atom is -0.477 e. The Morgan fingerprint density at radius 1 is 1.35 bits per heavy atom. The Hall–Kier alpha value is -2.09. The third kappa shape index (κ3) is 3.47. The molecule has 1 atom stereocenters. The Morgan fingerprint density at radius 3 is 2.78 bits per heavy atom. The summed E-state index contributed by atoms with van der Waals surface area (Å²) in [6.45, 7) is 0.609. The van der Waals surface area contributed by atoms with Crippen molar-refractivity contribution in [2.24, 2.45) is 0 Å². The van der Waals surface area contributed by atoms with Crippen molar-refractivity contribution in [2.45, 2.75) is 25.1 Å². The highest BCUT2D eigenvalue weighted by Gasteiger charge is 2.31. The van der Waals surface area contributed by atoms with Crippen molar-refractivity contribution in [2.75, 3.05) is 6.61 Å². The first-order chi connectivity index (χ1) is 10.9. The molecule has 1 aliphatic heterocycles. The molecule has 0 radical (unpaired) electrons. The summed E-state index contributed by atoms with van der Waals surface area (Å²) in [4.78, 5) is 17.1. The number of carbonyl (C=O) groups excluding carboxylic acids is 1. The zero-order chi connectivity index (χ0) is 16.4. The van der Waals surface area contributed by atoms with Crippen LogP contribution in [0.15, 0.2) is 29.8 Å². The predicted octanol–water partition coefficient (Wildman–Crippen LogP) is 3.34. The molecule has 0 saturated heterocycles. The van der Waals surface area contributed by atoms with Crippen molar-refractivity contribution in [1.82, 2.24) is 10.3 Å². The second-order valence-electron chi connectivity index (χ2n) is 5.12. The molecule has 0 aliphatic carbocycles. The fraction of sp³-hybridized carbons (Fsp3) is 0.333. The lowest BCUT2D eigenvalue weighted by atomic mass is 10.0. The zero-order valence-corrected chi connectivity index (χ0v) is 12.7. The first-order valence-electron chi connectivity index (χ1n) is 6.95. The van der Waals surface area contributed by atoms with Crippen molar-refractivity contribution >= 4 is 17.2 Å². The quantitative estimate of drug-likeness (QED) is 0.931. The van der Waals surface area contributed by atoms with Gasteiger partial charge in [-0.3, -0.25) is 4.79 Å². The molecule has 0 saturated carbocycles. The number of hydrogen-bond acceptors (Lipinski definition) is 4. The molecule has 8 heteroatoms. The summed E-state index contributed by atoms with van der Waals surface area (Å²) in [7, 11) is 0. The molecule has 3 rings (SSSR count). The van der Waals surface area contributed by atoms with Gasteiger partial charge in [0.25, 0.3) is 0 Å². The maximum Gasteiger partial charge on any atom is 0.416 e. The van der Waals surface area contributed by atoms with E-state index in [4.69, 9.17) is 4.74 Å². The summed E-state index contributed by atoms with van der Waals surface area (Å²) in [6.07, 6.45) is -3.79. The first kappa shape index (κ1) is 15.8. The number of nitrogens with zero attached hydrogens (tertiary/aromatic N) is 1. The van der Waals surface area contributed by atoms with E-state index in [1.165, 1.54) is 23.5 Å². The van der Waals surface area contributed by atoms with Gasteiger partial charge in [-0.2, -0.15) is 13.2 Å². The number of aromatic nitrogens is 1. The van der Waals surface area contributed by atoms with E-state index in [0.29, 0.717) is 24.5 Å². The lowest BCUT2D eigenvalue weighted by molar-refractivity contribution is -0.137. The average Bonchev–Trinajstić information content (AvgIpc) is 3.00. The van der Waals surface area contributed by atoms with E-state index in [1.54, 1.807) is 5.51 Å². The Morgan fingerprint density at radius 2 is 2.09 bits per heavy atom. The summed E-state index contributed by atoms with van der Waals surface area (Å²) in [5.74, 6) is 0.00956. The number of ether oxygens (including phenoxy) is 1. The summed E-state index contributed by atoms with van der Waals surface area (Å²) in [5.41, 5.74) is 1.54. The van der Waals surface area contributed by atoms with Gasteiger partial charge in [-0.05, 0) is 24.1 Å². The highest BCUT2D eigenvalue weighted by Crippen LogP contribution is 2.36. The highest BCUT2D eigenvalue weighted by atomic mass is 32.1. The number of thiazole rings is 1. The second-order valence-corrected chi connectivity index (χ2v) is 6.01. The van der Waals surface area contributed by atoms with Crippen LogP contribution < -0.4 is 10.1 Å². The van der Waals surface area contributed by atoms with Crippen LogP contribution in [0, 0.1) is 0 Å². The zero-order valence-electron chi connectivity index (χ0n) is 11.9. The van der Waals surface area contributed by atoms with E-state index in [9.17, 15) is 18.0 Å². The molecular weight excluding hydrogens is 329 g/mol. The topological polar surface area (TPSA) is 51.2 Å². The summed E-state index contributed by atoms with van der Waals surface area (Å²) >= 11 is 1.37. The minimum absolute atomic E-state index is 0.168. The molecule has 4 nitrogen and oxygen atoms in total. The number of amides is 1. The van der Waals surface area contributed by atoms with Crippen LogP contribution in [0.1, 0.15) is 28.3 Å². The monoisotopic (exact) mass is 342 g/mol. The van der Waals surface area contributed by atoms with E-state index >= 15 is 0 Å². The van der Waals surface area contributed by atoms with Crippen LogP contribution in [0.4, 0.5) is 13.2 Å². The van der Waals surface area contributed by atoms with Gasteiger partial charge in [0.15, 0.2) is 0 Å². The van der Waals surface area contributed by atoms with Crippen LogP contribution in [-0.4, -0.2) is 17.5 Å². The van der Waals surface area contributed by atoms with Gasteiger partial charge in [-0.15, -0.1) is 11.3 Å². The SMILES string of the molecule is O=C(NCc1ccc(C(F)(F)F)cc1)C1CCOc2ncsc21. The van der Waals surface area contributed by atoms with Gasteiger partial charge in [0.2, 0.25) is 11.8 Å². The van der Waals surface area contributed by atoms with Crippen molar-refractivity contribution in [3.05, 3.63) is 45.8 Å². The van der Waals surface area contributed by atoms with Gasteiger partial charge in [0.1, 0.15) is 0 Å². The molecule has 2 aromatic rings. The molecule has 1 amide bonds. The summed E-state index contributed by atoms with van der Waals surface area (Å²) < 4.78 is 42.9. The third-order valence-corrected chi connectivity index (χ3v) is 4.51. The molecule has 23 heavy (non-hydrogen) atoms. The first-order valence-corrected chi connectivity index (χ1v) is 7.83. The fourth-order valence-corrected chi connectivity index (χ4v) is 3.23. The Balaban J connectivity index is 1.62. The maximum absolute atomic E-state index is 12.5. The number of alkyl halides is 3. The van der Waals surface area contributed by atoms with Crippen LogP contribution in [0.25, 0.3) is 0 Å². The molecule has 2 heterocycles. The van der Waals surface area contributed by atoms with Crippen LogP contribution >= 0.6 is 11.3 Å². The Labute approximate surface area is 134 Å². The van der Waals surface area contributed by atoms with Gasteiger partial charge in [0, 0.05) is 6.54 Å². The van der Waals surface area contributed by atoms with Crippen LogP contribution in [0.3, 0.4) is 0 Å². The predicted molar refractivity (Wildman–Crippen MR) is 78.3 cm³/mol. The van der Waals surface area contributed by atoms with E-state index in [1.807, 2.05) is 0 Å². The van der Waals surface area contributed by atoms with E-state index < -0.39 is 11.7 Å². The molecule has 122 valence electrons. The summed E-state index contributed by atoms with van der Waals surface area (Å²) in [6, 6.07) is 4.75. The van der Waals surface area contributed by atoms with Crippen LogP contribution in [0.2, 0.25) is 0 Å². The van der Waals surface area contributed by atoms with Gasteiger partial charge in [-0.1, -0.05) is 12.1 Å². The highest BCUT2D eigenvalue weighted by molar-refractivity contribution is 7.10. The van der Waals surface area contributed by atoms with Crippen molar-refractivity contribution in [3.63, 3.8) is 0 Å². The van der Waals surface area contributed by atoms with Gasteiger partial charge in [-0.25, -0.2) is 4.98 Å². The average molecular weight is 342 g/mol. The van der Waals surface area contributed by atoms with Crippen molar-refractivity contribution < 1.29 is 22.7 Å². The van der Waals surface area contributed by atoms with Gasteiger partial charge >= 0.3 is 6.18 Å². The molecule has 1 aromatic heterocycles. The number of carbonyl (C=O) groups is 1. The smallest absolute Gasteiger partial charge is 0.416 e. The molecule has 1 unspecified atom stereocenters. The van der Waals surface area contributed by atoms with E-state index in [-0.39, 0.29) is 18.4 Å². The number of benzene rings is 1. The maximum atomic E-state index is 12.5. The largest absolute Gasteiger partial charge is 0.477 e. The molecule has 0 spiro atoms. The number of hydrogen-bond donors (Lipinski definition) is 1. The van der Waals surface area contributed by atoms with E-state index in [0.717, 1.165) is 17.0 Å². The normalized spacial score (nSPS) is 17.3. The Bertz CT molecular complexity index is 697. The summed E-state index contributed by atoms with van der Waals surface area (Å²) in [5, 5.41) is 2.76. The third-order valence-electron chi connectivity index (χ3n) is 3.59. The number of nitrogens with one attached hydrogen (secondary N) is 1. The van der Waals surface area contributed by atoms with Crippen molar-refractivity contribution in [1.29, 1.82) is 0 Å². The van der Waals surface area contributed by atoms with Gasteiger partial charge < -0.3 is 10.1 Å². The van der Waals surface area contributed by atoms with E-state index in [2.05, 4.69) is 10.3 Å². The fourth-order valence-electron chi connectivity index (χ4n) is 2.36. The molecule has 1 aromatic carbocycles. The minimum atomic E-state index is -4.35. The van der Waals surface area contributed by atoms with Crippen molar-refractivity contribution in [3.8, 4) is 5.88 Å². The lowest BCUT2D eigenvalue weighted by Gasteiger charge is -2.21. The number of rotatable bonds is 3. The molecule has 1 N–H and O–H groups in total. The Kier molecular flexibility index (Phi) is 4.25. The lowest BCUT2D eigenvalue weighted by Crippen LogP contribution is -2.31. The second kappa shape index (κ2) is 6.19. The molecule has 0 bridgehead atoms.